The molecule has 0 radical (unpaired) electrons. The third-order valence-electron chi connectivity index (χ3n) is 5.62. The topological polar surface area (TPSA) is 77.6 Å². The number of aromatic nitrogens is 3. The number of nitrogens with zero attached hydrogens (tertiary/aromatic N) is 3. The van der Waals surface area contributed by atoms with Gasteiger partial charge in [-0.3, -0.25) is 9.59 Å². The lowest BCUT2D eigenvalue weighted by Crippen LogP contribution is -2.26. The predicted octanol–water partition coefficient (Wildman–Crippen LogP) is 4.38. The Morgan fingerprint density at radius 1 is 1.18 bits per heavy atom. The van der Waals surface area contributed by atoms with E-state index in [4.69, 9.17) is 16.3 Å². The molecule has 0 aliphatic rings. The maximum absolute atomic E-state index is 13.3. The van der Waals surface area contributed by atoms with Crippen molar-refractivity contribution in [2.45, 2.75) is 19.8 Å². The second-order valence-corrected chi connectivity index (χ2v) is 8.04. The van der Waals surface area contributed by atoms with E-state index in [9.17, 15) is 14.0 Å². The molecule has 0 fully saturated rings. The van der Waals surface area contributed by atoms with Crippen LogP contribution in [0.2, 0.25) is 5.02 Å². The first-order valence-corrected chi connectivity index (χ1v) is 10.6. The molecule has 0 bridgehead atoms. The van der Waals surface area contributed by atoms with E-state index in [1.165, 1.54) is 22.7 Å². The smallest absolute Gasteiger partial charge is 0.277 e. The Morgan fingerprint density at radius 3 is 2.58 bits per heavy atom. The summed E-state index contributed by atoms with van der Waals surface area (Å²) >= 11 is 5.76. The van der Waals surface area contributed by atoms with Gasteiger partial charge in [0.1, 0.15) is 17.2 Å². The van der Waals surface area contributed by atoms with E-state index in [0.29, 0.717) is 22.6 Å². The summed E-state index contributed by atoms with van der Waals surface area (Å²) in [6, 6.07) is 13.2. The van der Waals surface area contributed by atoms with Crippen LogP contribution in [-0.2, 0) is 18.3 Å². The SMILES string of the molecule is COc1ccc(-c2cc3n(C)c(C)c(CCC(=O)Nc4ccc(F)c(Cl)c4)c(=O)n3n2)cc1. The highest BCUT2D eigenvalue weighted by Crippen LogP contribution is 2.23. The summed E-state index contributed by atoms with van der Waals surface area (Å²) in [7, 11) is 3.46. The van der Waals surface area contributed by atoms with Gasteiger partial charge in [0.25, 0.3) is 5.56 Å². The molecule has 9 heteroatoms. The van der Waals surface area contributed by atoms with Crippen LogP contribution in [-0.4, -0.2) is 27.2 Å². The Bertz CT molecular complexity index is 1410. The van der Waals surface area contributed by atoms with Crippen LogP contribution in [0.5, 0.6) is 5.75 Å². The molecule has 0 aliphatic heterocycles. The number of nitrogens with one attached hydrogen (secondary N) is 1. The van der Waals surface area contributed by atoms with Gasteiger partial charge in [-0.25, -0.2) is 4.39 Å². The fraction of sp³-hybridized carbons (Fsp3) is 0.208. The summed E-state index contributed by atoms with van der Waals surface area (Å²) in [6.45, 7) is 1.84. The average Bonchev–Trinajstić information content (AvgIpc) is 3.26. The Hall–Kier alpha value is -3.65. The lowest BCUT2D eigenvalue weighted by atomic mass is 10.1. The first-order valence-electron chi connectivity index (χ1n) is 10.3. The number of rotatable bonds is 6. The number of anilines is 1. The van der Waals surface area contributed by atoms with E-state index in [1.54, 1.807) is 7.11 Å². The molecule has 0 unspecified atom stereocenters. The number of aryl methyl sites for hydroxylation is 1. The highest BCUT2D eigenvalue weighted by molar-refractivity contribution is 6.31. The number of carbonyl (C=O) groups is 1. The van der Waals surface area contributed by atoms with E-state index in [-0.39, 0.29) is 29.3 Å². The van der Waals surface area contributed by atoms with Gasteiger partial charge in [-0.15, -0.1) is 0 Å². The van der Waals surface area contributed by atoms with E-state index in [1.807, 2.05) is 48.9 Å². The van der Waals surface area contributed by atoms with Gasteiger partial charge < -0.3 is 14.6 Å². The lowest BCUT2D eigenvalue weighted by Gasteiger charge is -2.12. The van der Waals surface area contributed by atoms with E-state index in [2.05, 4.69) is 10.4 Å². The number of methoxy groups -OCH3 is 1. The summed E-state index contributed by atoms with van der Waals surface area (Å²) < 4.78 is 21.7. The van der Waals surface area contributed by atoms with Crippen LogP contribution in [0.1, 0.15) is 17.7 Å². The first-order chi connectivity index (χ1) is 15.8. The molecule has 33 heavy (non-hydrogen) atoms. The summed E-state index contributed by atoms with van der Waals surface area (Å²) in [4.78, 5) is 25.6. The molecular formula is C24H22ClFN4O3. The third-order valence-corrected chi connectivity index (χ3v) is 5.91. The van der Waals surface area contributed by atoms with Gasteiger partial charge in [0.05, 0.1) is 17.8 Å². The monoisotopic (exact) mass is 468 g/mol. The van der Waals surface area contributed by atoms with Gasteiger partial charge in [0.2, 0.25) is 5.91 Å². The van der Waals surface area contributed by atoms with Crippen molar-refractivity contribution in [2.75, 3.05) is 12.4 Å². The van der Waals surface area contributed by atoms with Gasteiger partial charge in [0.15, 0.2) is 0 Å². The standard InChI is InChI=1S/C24H22ClFN4O3/c1-14-18(9-11-22(31)27-16-6-10-20(26)19(25)12-16)24(32)30-23(29(14)2)13-21(28-30)15-4-7-17(33-3)8-5-15/h4-8,10,12-13H,9,11H2,1-3H3,(H,27,31). The molecule has 0 spiro atoms. The van der Waals surface area contributed by atoms with Crippen molar-refractivity contribution in [3.63, 3.8) is 0 Å². The van der Waals surface area contributed by atoms with Gasteiger partial charge in [-0.2, -0.15) is 9.61 Å². The second-order valence-electron chi connectivity index (χ2n) is 7.63. The number of benzene rings is 2. The molecule has 2 heterocycles. The Balaban J connectivity index is 1.59. The Morgan fingerprint density at radius 2 is 1.91 bits per heavy atom. The number of carbonyl (C=O) groups excluding carboxylic acids is 1. The molecule has 0 atom stereocenters. The molecule has 7 nitrogen and oxygen atoms in total. The van der Waals surface area contributed by atoms with Crippen LogP contribution >= 0.6 is 11.6 Å². The summed E-state index contributed by atoms with van der Waals surface area (Å²) in [5, 5.41) is 7.10. The van der Waals surface area contributed by atoms with Crippen LogP contribution in [0.15, 0.2) is 53.3 Å². The molecule has 1 amide bonds. The molecule has 1 N–H and O–H groups in total. The van der Waals surface area contributed by atoms with Gasteiger partial charge >= 0.3 is 0 Å². The zero-order chi connectivity index (χ0) is 23.7. The molecule has 0 aliphatic carbocycles. The highest BCUT2D eigenvalue weighted by Gasteiger charge is 2.17. The molecule has 0 saturated heterocycles. The Labute approximate surface area is 194 Å². The van der Waals surface area contributed by atoms with E-state index >= 15 is 0 Å². The zero-order valence-electron chi connectivity index (χ0n) is 18.4. The first kappa shape index (κ1) is 22.5. The molecule has 2 aromatic heterocycles. The maximum atomic E-state index is 13.3. The van der Waals surface area contributed by atoms with Gasteiger partial charge in [-0.1, -0.05) is 11.6 Å². The fourth-order valence-corrected chi connectivity index (χ4v) is 3.82. The Kier molecular flexibility index (Phi) is 6.20. The van der Waals surface area contributed by atoms with Crippen LogP contribution in [0.25, 0.3) is 16.9 Å². The normalized spacial score (nSPS) is 11.1. The minimum absolute atomic E-state index is 0.0726. The summed E-state index contributed by atoms with van der Waals surface area (Å²) in [5.74, 6) is -0.133. The molecular weight excluding hydrogens is 447 g/mol. The number of hydrogen-bond donors (Lipinski definition) is 1. The summed E-state index contributed by atoms with van der Waals surface area (Å²) in [6.07, 6.45) is 0.302. The third kappa shape index (κ3) is 4.47. The molecule has 4 aromatic rings. The van der Waals surface area contributed by atoms with E-state index in [0.717, 1.165) is 17.0 Å². The fourth-order valence-electron chi connectivity index (χ4n) is 3.64. The minimum atomic E-state index is -0.560. The van der Waals surface area contributed by atoms with Crippen LogP contribution in [0.3, 0.4) is 0 Å². The lowest BCUT2D eigenvalue weighted by molar-refractivity contribution is -0.116. The highest BCUT2D eigenvalue weighted by atomic mass is 35.5. The minimum Gasteiger partial charge on any atom is -0.497 e. The average molecular weight is 469 g/mol. The largest absolute Gasteiger partial charge is 0.497 e. The van der Waals surface area contributed by atoms with Crippen molar-refractivity contribution in [2.24, 2.45) is 7.05 Å². The van der Waals surface area contributed by atoms with E-state index < -0.39 is 5.82 Å². The number of fused-ring (bicyclic) bond motifs is 1. The van der Waals surface area contributed by atoms with Gasteiger partial charge in [0, 0.05) is 42.0 Å². The molecule has 4 rings (SSSR count). The number of halogens is 2. The number of ether oxygens (including phenoxy) is 1. The van der Waals surface area contributed by atoms with Crippen molar-refractivity contribution in [3.8, 4) is 17.0 Å². The second kappa shape index (κ2) is 9.07. The van der Waals surface area contributed by atoms with Crippen LogP contribution in [0.4, 0.5) is 10.1 Å². The summed E-state index contributed by atoms with van der Waals surface area (Å²) in [5.41, 5.74) is 3.55. The predicted molar refractivity (Wildman–Crippen MR) is 126 cm³/mol. The van der Waals surface area contributed by atoms with Crippen molar-refractivity contribution in [3.05, 3.63) is 81.0 Å². The number of hydrogen-bond acceptors (Lipinski definition) is 4. The van der Waals surface area contributed by atoms with Crippen molar-refractivity contribution < 1.29 is 13.9 Å². The molecule has 0 saturated carbocycles. The molecule has 2 aromatic carbocycles. The van der Waals surface area contributed by atoms with Gasteiger partial charge in [-0.05, 0) is 55.8 Å². The van der Waals surface area contributed by atoms with Crippen molar-refractivity contribution in [1.82, 2.24) is 14.2 Å². The quantitative estimate of drug-likeness (QED) is 0.455. The van der Waals surface area contributed by atoms with Crippen LogP contribution < -0.4 is 15.6 Å². The maximum Gasteiger partial charge on any atom is 0.277 e. The molecule has 170 valence electrons. The van der Waals surface area contributed by atoms with Crippen LogP contribution in [0, 0.1) is 12.7 Å². The van der Waals surface area contributed by atoms with Crippen molar-refractivity contribution in [1.29, 1.82) is 0 Å². The zero-order valence-corrected chi connectivity index (χ0v) is 19.1. The number of amides is 1. The van der Waals surface area contributed by atoms with Crippen molar-refractivity contribution >= 4 is 28.8 Å².